The van der Waals surface area contributed by atoms with E-state index in [1.807, 2.05) is 24.3 Å². The van der Waals surface area contributed by atoms with Gasteiger partial charge < -0.3 is 14.2 Å². The molecule has 2 heterocycles. The molecule has 0 N–H and O–H groups in total. The second-order valence-corrected chi connectivity index (χ2v) is 3.99. The minimum Gasteiger partial charge on any atom is -0.464 e. The highest BCUT2D eigenvalue weighted by Crippen LogP contribution is 2.35. The van der Waals surface area contributed by atoms with Crippen LogP contribution in [0.3, 0.4) is 0 Å². The van der Waals surface area contributed by atoms with Gasteiger partial charge in [0.15, 0.2) is 11.5 Å². The maximum atomic E-state index is 11.5. The summed E-state index contributed by atoms with van der Waals surface area (Å²) in [4.78, 5) is 15.4. The van der Waals surface area contributed by atoms with E-state index < -0.39 is 5.97 Å². The lowest BCUT2D eigenvalue weighted by molar-refractivity contribution is 0.0594. The molecule has 5 nitrogen and oxygen atoms in total. The lowest BCUT2D eigenvalue weighted by Gasteiger charge is -2.05. The molecule has 1 aliphatic rings. The summed E-state index contributed by atoms with van der Waals surface area (Å²) in [6, 6.07) is 9.13. The van der Waals surface area contributed by atoms with Crippen molar-refractivity contribution in [1.82, 2.24) is 4.98 Å². The molecule has 5 heteroatoms. The van der Waals surface area contributed by atoms with Crippen molar-refractivity contribution in [2.24, 2.45) is 0 Å². The number of carbonyl (C=O) groups is 1. The monoisotopic (exact) mass is 257 g/mol. The van der Waals surface area contributed by atoms with E-state index in [1.54, 1.807) is 12.3 Å². The zero-order valence-corrected chi connectivity index (χ0v) is 10.3. The molecular weight excluding hydrogens is 246 g/mol. The van der Waals surface area contributed by atoms with Crippen LogP contribution in [0.5, 0.6) is 11.5 Å². The van der Waals surface area contributed by atoms with Crippen molar-refractivity contribution in [2.45, 2.75) is 0 Å². The highest BCUT2D eigenvalue weighted by Gasteiger charge is 2.15. The Bertz CT molecular complexity index is 639. The van der Waals surface area contributed by atoms with E-state index in [-0.39, 0.29) is 12.5 Å². The molecule has 1 aromatic heterocycles. The predicted octanol–water partition coefficient (Wildman–Crippen LogP) is 2.26. The summed E-state index contributed by atoms with van der Waals surface area (Å²) in [6.45, 7) is 0.239. The molecule has 0 radical (unpaired) electrons. The molecule has 2 aromatic rings. The minimum atomic E-state index is -0.456. The Kier molecular flexibility index (Phi) is 2.79. The molecule has 0 saturated heterocycles. The summed E-state index contributed by atoms with van der Waals surface area (Å²) in [7, 11) is 1.33. The molecule has 0 atom stereocenters. The van der Waals surface area contributed by atoms with Crippen LogP contribution < -0.4 is 9.47 Å². The Morgan fingerprint density at radius 3 is 2.79 bits per heavy atom. The van der Waals surface area contributed by atoms with Gasteiger partial charge in [-0.1, -0.05) is 6.07 Å². The van der Waals surface area contributed by atoms with Crippen LogP contribution in [0.15, 0.2) is 36.5 Å². The van der Waals surface area contributed by atoms with Crippen LogP contribution >= 0.6 is 0 Å². The first kappa shape index (κ1) is 11.5. The van der Waals surface area contributed by atoms with Crippen molar-refractivity contribution in [3.05, 3.63) is 42.2 Å². The molecular formula is C14H11NO4. The summed E-state index contributed by atoms with van der Waals surface area (Å²) >= 11 is 0. The van der Waals surface area contributed by atoms with Crippen molar-refractivity contribution in [3.8, 4) is 22.6 Å². The molecule has 0 fully saturated rings. The molecule has 0 saturated carbocycles. The van der Waals surface area contributed by atoms with E-state index in [2.05, 4.69) is 9.72 Å². The van der Waals surface area contributed by atoms with Gasteiger partial charge in [-0.15, -0.1) is 0 Å². The molecule has 0 unspecified atom stereocenters. The summed E-state index contributed by atoms with van der Waals surface area (Å²) in [5.41, 5.74) is 2.07. The van der Waals surface area contributed by atoms with Crippen LogP contribution in [-0.4, -0.2) is 24.9 Å². The smallest absolute Gasteiger partial charge is 0.356 e. The van der Waals surface area contributed by atoms with Gasteiger partial charge in [0.05, 0.1) is 7.11 Å². The number of methoxy groups -OCH3 is 1. The van der Waals surface area contributed by atoms with Crippen molar-refractivity contribution in [1.29, 1.82) is 0 Å². The van der Waals surface area contributed by atoms with Crippen molar-refractivity contribution in [2.75, 3.05) is 13.9 Å². The molecule has 0 aliphatic carbocycles. The van der Waals surface area contributed by atoms with Gasteiger partial charge in [-0.25, -0.2) is 9.78 Å². The zero-order chi connectivity index (χ0) is 13.2. The predicted molar refractivity (Wildman–Crippen MR) is 67.1 cm³/mol. The third kappa shape index (κ3) is 2.10. The van der Waals surface area contributed by atoms with Gasteiger partial charge in [-0.05, 0) is 35.4 Å². The third-order valence-corrected chi connectivity index (χ3v) is 2.86. The standard InChI is InChI=1S/C14H11NO4/c1-17-14(16)11-6-10(4-5-15-11)9-2-3-12-13(7-9)19-8-18-12/h2-7H,8H2,1H3. The Morgan fingerprint density at radius 1 is 1.16 bits per heavy atom. The first-order valence-electron chi connectivity index (χ1n) is 5.72. The largest absolute Gasteiger partial charge is 0.464 e. The van der Waals surface area contributed by atoms with Gasteiger partial charge in [0.2, 0.25) is 6.79 Å². The molecule has 3 rings (SSSR count). The fourth-order valence-corrected chi connectivity index (χ4v) is 1.90. The normalized spacial score (nSPS) is 12.3. The second kappa shape index (κ2) is 4.61. The summed E-state index contributed by atoms with van der Waals surface area (Å²) < 4.78 is 15.2. The first-order chi connectivity index (χ1) is 9.28. The second-order valence-electron chi connectivity index (χ2n) is 3.99. The van der Waals surface area contributed by atoms with Crippen LogP contribution in [0.1, 0.15) is 10.5 Å². The van der Waals surface area contributed by atoms with Gasteiger partial charge in [-0.3, -0.25) is 0 Å². The highest BCUT2D eigenvalue weighted by atomic mass is 16.7. The van der Waals surface area contributed by atoms with Crippen molar-refractivity contribution >= 4 is 5.97 Å². The van der Waals surface area contributed by atoms with Crippen LogP contribution in [0.4, 0.5) is 0 Å². The third-order valence-electron chi connectivity index (χ3n) is 2.86. The molecule has 19 heavy (non-hydrogen) atoms. The summed E-state index contributed by atoms with van der Waals surface area (Å²) in [6.07, 6.45) is 1.58. The fourth-order valence-electron chi connectivity index (χ4n) is 1.90. The average molecular weight is 257 g/mol. The Labute approximate surface area is 109 Å². The number of hydrogen-bond acceptors (Lipinski definition) is 5. The topological polar surface area (TPSA) is 57.7 Å². The van der Waals surface area contributed by atoms with E-state index >= 15 is 0 Å². The number of ether oxygens (including phenoxy) is 3. The van der Waals surface area contributed by atoms with Crippen LogP contribution in [-0.2, 0) is 4.74 Å². The summed E-state index contributed by atoms with van der Waals surface area (Å²) in [5.74, 6) is 0.975. The van der Waals surface area contributed by atoms with E-state index in [1.165, 1.54) is 7.11 Å². The number of benzene rings is 1. The van der Waals surface area contributed by atoms with Gasteiger partial charge in [0.1, 0.15) is 5.69 Å². The fraction of sp³-hybridized carbons (Fsp3) is 0.143. The zero-order valence-electron chi connectivity index (χ0n) is 10.3. The van der Waals surface area contributed by atoms with E-state index in [4.69, 9.17) is 9.47 Å². The van der Waals surface area contributed by atoms with Crippen molar-refractivity contribution in [3.63, 3.8) is 0 Å². The number of rotatable bonds is 2. The van der Waals surface area contributed by atoms with E-state index in [0.717, 1.165) is 16.9 Å². The van der Waals surface area contributed by atoms with Gasteiger partial charge in [-0.2, -0.15) is 0 Å². The molecule has 1 aliphatic heterocycles. The Hall–Kier alpha value is -2.56. The lowest BCUT2D eigenvalue weighted by Crippen LogP contribution is -2.03. The highest BCUT2D eigenvalue weighted by molar-refractivity contribution is 5.88. The van der Waals surface area contributed by atoms with Gasteiger partial charge in [0.25, 0.3) is 0 Å². The number of pyridine rings is 1. The summed E-state index contributed by atoms with van der Waals surface area (Å²) in [5, 5.41) is 0. The van der Waals surface area contributed by atoms with Crippen LogP contribution in [0.2, 0.25) is 0 Å². The number of esters is 1. The lowest BCUT2D eigenvalue weighted by atomic mass is 10.1. The number of fused-ring (bicyclic) bond motifs is 1. The number of aromatic nitrogens is 1. The SMILES string of the molecule is COC(=O)c1cc(-c2ccc3c(c2)OCO3)ccn1. The Morgan fingerprint density at radius 2 is 1.95 bits per heavy atom. The number of carbonyl (C=O) groups excluding carboxylic acids is 1. The Balaban J connectivity index is 2.00. The number of nitrogens with zero attached hydrogens (tertiary/aromatic N) is 1. The van der Waals surface area contributed by atoms with Gasteiger partial charge >= 0.3 is 5.97 Å². The maximum absolute atomic E-state index is 11.5. The van der Waals surface area contributed by atoms with Crippen LogP contribution in [0, 0.1) is 0 Å². The minimum absolute atomic E-state index is 0.239. The molecule has 1 aromatic carbocycles. The molecule has 0 spiro atoms. The maximum Gasteiger partial charge on any atom is 0.356 e. The first-order valence-corrected chi connectivity index (χ1v) is 5.72. The molecule has 96 valence electrons. The van der Waals surface area contributed by atoms with E-state index in [9.17, 15) is 4.79 Å². The average Bonchev–Trinajstić information content (AvgIpc) is 2.94. The molecule has 0 amide bonds. The van der Waals surface area contributed by atoms with E-state index in [0.29, 0.717) is 5.75 Å². The van der Waals surface area contributed by atoms with Crippen LogP contribution in [0.25, 0.3) is 11.1 Å². The quantitative estimate of drug-likeness (QED) is 0.772. The molecule has 0 bridgehead atoms. The number of hydrogen-bond donors (Lipinski definition) is 0. The van der Waals surface area contributed by atoms with Gasteiger partial charge in [0, 0.05) is 6.20 Å². The van der Waals surface area contributed by atoms with Crippen molar-refractivity contribution < 1.29 is 19.0 Å².